The molecule has 1 saturated heterocycles. The number of hydrogen-bond donors (Lipinski definition) is 1. The number of carbonyl (C=O) groups is 1. The number of nitrogens with zero attached hydrogens (tertiary/aromatic N) is 1. The molecular formula is C23H28N2O3S. The summed E-state index contributed by atoms with van der Waals surface area (Å²) in [6.45, 7) is 3.27. The monoisotopic (exact) mass is 412 g/mol. The van der Waals surface area contributed by atoms with Gasteiger partial charge in [0.1, 0.15) is 0 Å². The largest absolute Gasteiger partial charge is 0.341 e. The van der Waals surface area contributed by atoms with Gasteiger partial charge >= 0.3 is 0 Å². The molecule has 0 radical (unpaired) electrons. The first-order valence-corrected chi connectivity index (χ1v) is 12.1. The molecule has 2 fully saturated rings. The number of benzene rings is 2. The summed E-state index contributed by atoms with van der Waals surface area (Å²) in [4.78, 5) is 15.0. The number of nitrogens with one attached hydrogen (secondary N) is 1. The summed E-state index contributed by atoms with van der Waals surface area (Å²) in [5.74, 6) is 0.398. The highest BCUT2D eigenvalue weighted by Gasteiger charge is 2.47. The fourth-order valence-corrected chi connectivity index (χ4v) is 5.32. The Morgan fingerprint density at radius 1 is 1.14 bits per heavy atom. The number of carbonyl (C=O) groups excluding carboxylic acids is 1. The second-order valence-electron chi connectivity index (χ2n) is 8.42. The van der Waals surface area contributed by atoms with Gasteiger partial charge in [-0.2, -0.15) is 0 Å². The molecule has 5 nitrogen and oxygen atoms in total. The SMILES string of the molecule is Cc1cccc(-c2ccccc2[C@@H]2C[C@H]2C(=O)N2CCC[C@H](NS(C)(=O)=O)C2)c1. The van der Waals surface area contributed by atoms with Crippen LogP contribution in [0.5, 0.6) is 0 Å². The van der Waals surface area contributed by atoms with Crippen LogP contribution in [-0.2, 0) is 14.8 Å². The molecule has 2 aliphatic rings. The summed E-state index contributed by atoms with van der Waals surface area (Å²) in [5.41, 5.74) is 4.85. The van der Waals surface area contributed by atoms with E-state index in [1.807, 2.05) is 17.0 Å². The van der Waals surface area contributed by atoms with E-state index in [4.69, 9.17) is 0 Å². The van der Waals surface area contributed by atoms with Gasteiger partial charge in [0.05, 0.1) is 6.26 Å². The standard InChI is InChI=1S/C23H28N2O3S/c1-16-7-5-8-17(13-16)19-10-3-4-11-20(19)21-14-22(21)23(26)25-12-6-9-18(15-25)24-29(2,27)28/h3-5,7-8,10-11,13,18,21-22,24H,6,9,12,14-15H2,1-2H3/t18-,21-,22+/m0/s1. The van der Waals surface area contributed by atoms with Crippen molar-refractivity contribution >= 4 is 15.9 Å². The summed E-state index contributed by atoms with van der Waals surface area (Å²) < 4.78 is 25.7. The Bertz CT molecular complexity index is 1020. The number of rotatable bonds is 5. The van der Waals surface area contributed by atoms with Crippen LogP contribution < -0.4 is 4.72 Å². The molecule has 0 unspecified atom stereocenters. The normalized spacial score (nSPS) is 24.3. The van der Waals surface area contributed by atoms with E-state index in [1.54, 1.807) is 0 Å². The van der Waals surface area contributed by atoms with Crippen LogP contribution in [-0.4, -0.2) is 44.6 Å². The molecule has 0 bridgehead atoms. The number of sulfonamides is 1. The molecule has 1 amide bonds. The Hall–Kier alpha value is -2.18. The zero-order valence-electron chi connectivity index (χ0n) is 17.0. The number of aryl methyl sites for hydroxylation is 1. The summed E-state index contributed by atoms with van der Waals surface area (Å²) in [5, 5.41) is 0. The molecule has 4 rings (SSSR count). The van der Waals surface area contributed by atoms with E-state index in [0.717, 1.165) is 19.3 Å². The number of amides is 1. The van der Waals surface area contributed by atoms with Crippen LogP contribution in [0.1, 0.15) is 36.3 Å². The van der Waals surface area contributed by atoms with Crippen molar-refractivity contribution in [2.75, 3.05) is 19.3 Å². The number of likely N-dealkylation sites (tertiary alicyclic amines) is 1. The van der Waals surface area contributed by atoms with Gasteiger partial charge in [0.25, 0.3) is 0 Å². The van der Waals surface area contributed by atoms with Gasteiger partial charge in [-0.1, -0.05) is 54.1 Å². The quantitative estimate of drug-likeness (QED) is 0.819. The molecule has 154 valence electrons. The molecule has 0 spiro atoms. The Balaban J connectivity index is 1.48. The molecule has 1 heterocycles. The van der Waals surface area contributed by atoms with Crippen molar-refractivity contribution in [3.63, 3.8) is 0 Å². The summed E-state index contributed by atoms with van der Waals surface area (Å²) in [6, 6.07) is 16.7. The van der Waals surface area contributed by atoms with Crippen LogP contribution >= 0.6 is 0 Å². The maximum absolute atomic E-state index is 13.1. The average Bonchev–Trinajstić information content (AvgIpc) is 3.47. The third-order valence-corrected chi connectivity index (χ3v) is 6.67. The molecule has 6 heteroatoms. The lowest BCUT2D eigenvalue weighted by Gasteiger charge is -2.33. The zero-order chi connectivity index (χ0) is 20.6. The summed E-state index contributed by atoms with van der Waals surface area (Å²) >= 11 is 0. The molecule has 1 N–H and O–H groups in total. The molecule has 1 aliphatic carbocycles. The van der Waals surface area contributed by atoms with E-state index in [-0.39, 0.29) is 23.8 Å². The molecule has 2 aromatic rings. The van der Waals surface area contributed by atoms with Crippen LogP contribution in [0.2, 0.25) is 0 Å². The maximum atomic E-state index is 13.1. The van der Waals surface area contributed by atoms with E-state index < -0.39 is 10.0 Å². The van der Waals surface area contributed by atoms with Crippen molar-refractivity contribution in [2.24, 2.45) is 5.92 Å². The first-order valence-electron chi connectivity index (χ1n) is 10.2. The van der Waals surface area contributed by atoms with Gasteiger partial charge in [-0.25, -0.2) is 13.1 Å². The fraction of sp³-hybridized carbons (Fsp3) is 0.435. The third kappa shape index (κ3) is 4.70. The van der Waals surface area contributed by atoms with Gasteiger partial charge in [0, 0.05) is 25.0 Å². The molecule has 2 aromatic carbocycles. The minimum atomic E-state index is -3.26. The van der Waals surface area contributed by atoms with Crippen molar-refractivity contribution in [2.45, 2.75) is 38.1 Å². The molecule has 29 heavy (non-hydrogen) atoms. The van der Waals surface area contributed by atoms with Gasteiger partial charge < -0.3 is 4.90 Å². The van der Waals surface area contributed by atoms with Crippen LogP contribution in [0.15, 0.2) is 48.5 Å². The van der Waals surface area contributed by atoms with Crippen LogP contribution in [0.25, 0.3) is 11.1 Å². The highest BCUT2D eigenvalue weighted by molar-refractivity contribution is 7.88. The van der Waals surface area contributed by atoms with E-state index in [0.29, 0.717) is 13.1 Å². The van der Waals surface area contributed by atoms with E-state index in [9.17, 15) is 13.2 Å². The predicted octanol–water partition coefficient (Wildman–Crippen LogP) is 3.31. The van der Waals surface area contributed by atoms with Crippen LogP contribution in [0.3, 0.4) is 0 Å². The molecule has 1 saturated carbocycles. The van der Waals surface area contributed by atoms with Gasteiger partial charge in [0.15, 0.2) is 0 Å². The Labute approximate surface area is 173 Å². The summed E-state index contributed by atoms with van der Waals surface area (Å²) in [7, 11) is -3.26. The maximum Gasteiger partial charge on any atom is 0.226 e. The van der Waals surface area contributed by atoms with Gasteiger partial charge in [0.2, 0.25) is 15.9 Å². The zero-order valence-corrected chi connectivity index (χ0v) is 17.8. The van der Waals surface area contributed by atoms with E-state index in [2.05, 4.69) is 48.0 Å². The van der Waals surface area contributed by atoms with Crippen molar-refractivity contribution in [3.8, 4) is 11.1 Å². The van der Waals surface area contributed by atoms with Gasteiger partial charge in [-0.3, -0.25) is 4.79 Å². The third-order valence-electron chi connectivity index (χ3n) is 5.91. The lowest BCUT2D eigenvalue weighted by atomic mass is 9.95. The lowest BCUT2D eigenvalue weighted by molar-refractivity contribution is -0.133. The number of piperidine rings is 1. The van der Waals surface area contributed by atoms with E-state index in [1.165, 1.54) is 28.5 Å². The molecule has 1 aliphatic heterocycles. The van der Waals surface area contributed by atoms with Crippen molar-refractivity contribution in [1.82, 2.24) is 9.62 Å². The van der Waals surface area contributed by atoms with Crippen molar-refractivity contribution in [1.29, 1.82) is 0 Å². The highest BCUT2D eigenvalue weighted by Crippen LogP contribution is 2.51. The fourth-order valence-electron chi connectivity index (χ4n) is 4.52. The minimum Gasteiger partial charge on any atom is -0.341 e. The molecule has 3 atom stereocenters. The number of hydrogen-bond acceptors (Lipinski definition) is 3. The molecule has 0 aromatic heterocycles. The lowest BCUT2D eigenvalue weighted by Crippen LogP contribution is -2.49. The topological polar surface area (TPSA) is 66.5 Å². The average molecular weight is 413 g/mol. The predicted molar refractivity (Wildman–Crippen MR) is 115 cm³/mol. The van der Waals surface area contributed by atoms with Crippen LogP contribution in [0.4, 0.5) is 0 Å². The van der Waals surface area contributed by atoms with Crippen LogP contribution in [0, 0.1) is 12.8 Å². The Morgan fingerprint density at radius 3 is 2.69 bits per heavy atom. The Kier molecular flexibility index (Phi) is 5.49. The highest BCUT2D eigenvalue weighted by atomic mass is 32.2. The smallest absolute Gasteiger partial charge is 0.226 e. The van der Waals surface area contributed by atoms with Gasteiger partial charge in [-0.15, -0.1) is 0 Å². The van der Waals surface area contributed by atoms with Gasteiger partial charge in [-0.05, 0) is 48.8 Å². The minimum absolute atomic E-state index is 0.00190. The second kappa shape index (κ2) is 7.92. The van der Waals surface area contributed by atoms with E-state index >= 15 is 0 Å². The Morgan fingerprint density at radius 2 is 1.93 bits per heavy atom. The van der Waals surface area contributed by atoms with Crippen molar-refractivity contribution < 1.29 is 13.2 Å². The molecular weight excluding hydrogens is 384 g/mol. The second-order valence-corrected chi connectivity index (χ2v) is 10.2. The summed E-state index contributed by atoms with van der Waals surface area (Å²) in [6.07, 6.45) is 3.65. The van der Waals surface area contributed by atoms with Crippen molar-refractivity contribution in [3.05, 3.63) is 59.7 Å². The first kappa shape index (κ1) is 20.1. The first-order chi connectivity index (χ1) is 13.8.